The second-order valence-electron chi connectivity index (χ2n) is 6.71. The van der Waals surface area contributed by atoms with E-state index in [0.29, 0.717) is 32.9 Å². The number of nitrogens with one attached hydrogen (secondary N) is 1. The highest BCUT2D eigenvalue weighted by Gasteiger charge is 2.15. The maximum atomic E-state index is 14.0. The number of benzene rings is 3. The zero-order chi connectivity index (χ0) is 22.5. The molecule has 0 unspecified atom stereocenters. The van der Waals surface area contributed by atoms with E-state index in [4.69, 9.17) is 21.1 Å². The Kier molecular flexibility index (Phi) is 6.68. The molecule has 0 radical (unpaired) electrons. The lowest BCUT2D eigenvalue weighted by Gasteiger charge is -2.13. The van der Waals surface area contributed by atoms with Gasteiger partial charge in [0.25, 0.3) is 5.91 Å². The number of aromatic nitrogens is 1. The van der Waals surface area contributed by atoms with Crippen LogP contribution in [0.5, 0.6) is 11.5 Å². The molecule has 0 aliphatic heterocycles. The van der Waals surface area contributed by atoms with Crippen LogP contribution in [0.2, 0.25) is 5.02 Å². The topological polar surface area (TPSA) is 60.5 Å². The Morgan fingerprint density at radius 2 is 1.91 bits per heavy atom. The van der Waals surface area contributed by atoms with Crippen LogP contribution in [-0.2, 0) is 6.61 Å². The Labute approximate surface area is 193 Å². The van der Waals surface area contributed by atoms with E-state index in [-0.39, 0.29) is 18.1 Å². The second kappa shape index (κ2) is 9.80. The Morgan fingerprint density at radius 3 is 2.66 bits per heavy atom. The van der Waals surface area contributed by atoms with E-state index < -0.39 is 5.82 Å². The molecule has 1 N–H and O–H groups in total. The summed E-state index contributed by atoms with van der Waals surface area (Å²) in [6.07, 6.45) is 0. The molecule has 4 rings (SSSR count). The van der Waals surface area contributed by atoms with E-state index in [0.717, 1.165) is 5.56 Å². The first-order chi connectivity index (χ1) is 15.5. The Bertz CT molecular complexity index is 1230. The van der Waals surface area contributed by atoms with Crippen molar-refractivity contribution in [3.8, 4) is 22.1 Å². The Hall–Kier alpha value is -3.42. The molecule has 5 nitrogen and oxygen atoms in total. The summed E-state index contributed by atoms with van der Waals surface area (Å²) >= 11 is 7.41. The SMILES string of the molecule is COc1cc(-c2nc(C(=O)Nc3ccccc3)cs2)ccc1OCc1c(F)cccc1Cl. The standard InChI is InChI=1S/C24H18ClFN2O3S/c1-30-22-12-15(10-11-21(22)31-13-17-18(25)8-5-9-19(17)26)24-28-20(14-32-24)23(29)27-16-6-3-2-4-7-16/h2-12,14H,13H2,1H3,(H,27,29). The molecule has 1 aromatic heterocycles. The maximum absolute atomic E-state index is 14.0. The lowest BCUT2D eigenvalue weighted by Crippen LogP contribution is -2.12. The summed E-state index contributed by atoms with van der Waals surface area (Å²) in [7, 11) is 1.52. The lowest BCUT2D eigenvalue weighted by atomic mass is 10.2. The number of thiazole rings is 1. The van der Waals surface area contributed by atoms with Crippen LogP contribution in [0.4, 0.5) is 10.1 Å². The van der Waals surface area contributed by atoms with E-state index >= 15 is 0 Å². The molecule has 0 atom stereocenters. The minimum absolute atomic E-state index is 0.0394. The van der Waals surface area contributed by atoms with Crippen molar-refractivity contribution >= 4 is 34.5 Å². The van der Waals surface area contributed by atoms with Crippen LogP contribution in [0.1, 0.15) is 16.1 Å². The summed E-state index contributed by atoms with van der Waals surface area (Å²) in [4.78, 5) is 16.9. The number of anilines is 1. The van der Waals surface area contributed by atoms with E-state index in [2.05, 4.69) is 10.3 Å². The zero-order valence-corrected chi connectivity index (χ0v) is 18.5. The number of carbonyl (C=O) groups excluding carboxylic acids is 1. The number of nitrogens with zero attached hydrogens (tertiary/aromatic N) is 1. The number of methoxy groups -OCH3 is 1. The average molecular weight is 469 g/mol. The van der Waals surface area contributed by atoms with Gasteiger partial charge in [-0.2, -0.15) is 0 Å². The van der Waals surface area contributed by atoms with Crippen molar-refractivity contribution in [2.75, 3.05) is 12.4 Å². The predicted octanol–water partition coefficient (Wildman–Crippen LogP) is 6.44. The van der Waals surface area contributed by atoms with Gasteiger partial charge >= 0.3 is 0 Å². The third kappa shape index (κ3) is 4.90. The van der Waals surface area contributed by atoms with E-state index in [1.54, 1.807) is 35.7 Å². The summed E-state index contributed by atoms with van der Waals surface area (Å²) in [5.74, 6) is 0.180. The molecule has 0 spiro atoms. The maximum Gasteiger partial charge on any atom is 0.275 e. The molecule has 0 saturated heterocycles. The van der Waals surface area contributed by atoms with Gasteiger partial charge in [0.15, 0.2) is 11.5 Å². The second-order valence-corrected chi connectivity index (χ2v) is 7.98. The van der Waals surface area contributed by atoms with Crippen molar-refractivity contribution in [3.05, 3.63) is 94.2 Å². The molecule has 1 amide bonds. The number of hydrogen-bond acceptors (Lipinski definition) is 5. The van der Waals surface area contributed by atoms with E-state index in [1.165, 1.54) is 24.5 Å². The molecule has 4 aromatic rings. The van der Waals surface area contributed by atoms with Crippen LogP contribution in [0.15, 0.2) is 72.1 Å². The van der Waals surface area contributed by atoms with Crippen LogP contribution in [0, 0.1) is 5.82 Å². The molecule has 8 heteroatoms. The van der Waals surface area contributed by atoms with Crippen molar-refractivity contribution in [1.82, 2.24) is 4.98 Å². The van der Waals surface area contributed by atoms with Gasteiger partial charge in [-0.05, 0) is 42.5 Å². The molecule has 32 heavy (non-hydrogen) atoms. The van der Waals surface area contributed by atoms with Crippen LogP contribution >= 0.6 is 22.9 Å². The number of rotatable bonds is 7. The lowest BCUT2D eigenvalue weighted by molar-refractivity contribution is 0.102. The van der Waals surface area contributed by atoms with Crippen molar-refractivity contribution in [1.29, 1.82) is 0 Å². The highest BCUT2D eigenvalue weighted by Crippen LogP contribution is 2.35. The normalized spacial score (nSPS) is 10.6. The van der Waals surface area contributed by atoms with Crippen molar-refractivity contribution < 1.29 is 18.7 Å². The number of ether oxygens (including phenoxy) is 2. The molecular weight excluding hydrogens is 451 g/mol. The molecule has 0 saturated carbocycles. The van der Waals surface area contributed by atoms with Gasteiger partial charge in [0.2, 0.25) is 0 Å². The van der Waals surface area contributed by atoms with Gasteiger partial charge in [0.1, 0.15) is 23.1 Å². The number of hydrogen-bond donors (Lipinski definition) is 1. The fourth-order valence-corrected chi connectivity index (χ4v) is 3.98. The highest BCUT2D eigenvalue weighted by molar-refractivity contribution is 7.13. The summed E-state index contributed by atoms with van der Waals surface area (Å²) in [5.41, 5.74) is 2.06. The monoisotopic (exact) mass is 468 g/mol. The molecule has 0 aliphatic carbocycles. The van der Waals surface area contributed by atoms with Gasteiger partial charge in [-0.3, -0.25) is 4.79 Å². The van der Waals surface area contributed by atoms with Gasteiger partial charge < -0.3 is 14.8 Å². The minimum Gasteiger partial charge on any atom is -0.493 e. The number of carbonyl (C=O) groups is 1. The summed E-state index contributed by atoms with van der Waals surface area (Å²) in [5, 5.41) is 5.47. The minimum atomic E-state index is -0.433. The van der Waals surface area contributed by atoms with Gasteiger partial charge in [0.05, 0.1) is 12.1 Å². The molecule has 0 bridgehead atoms. The third-order valence-corrected chi connectivity index (χ3v) is 5.86. The summed E-state index contributed by atoms with van der Waals surface area (Å²) < 4.78 is 25.2. The summed E-state index contributed by atoms with van der Waals surface area (Å²) in [6, 6.07) is 18.9. The zero-order valence-electron chi connectivity index (χ0n) is 17.0. The van der Waals surface area contributed by atoms with Gasteiger partial charge in [-0.15, -0.1) is 11.3 Å². The molecule has 3 aromatic carbocycles. The van der Waals surface area contributed by atoms with Crippen molar-refractivity contribution in [3.63, 3.8) is 0 Å². The Morgan fingerprint density at radius 1 is 1.09 bits per heavy atom. The van der Waals surface area contributed by atoms with E-state index in [9.17, 15) is 9.18 Å². The summed E-state index contributed by atoms with van der Waals surface area (Å²) in [6.45, 7) is -0.0394. The molecule has 1 heterocycles. The molecule has 0 fully saturated rings. The van der Waals surface area contributed by atoms with E-state index in [1.807, 2.05) is 30.3 Å². The number of para-hydroxylation sites is 1. The predicted molar refractivity (Wildman–Crippen MR) is 124 cm³/mol. The number of amides is 1. The quantitative estimate of drug-likeness (QED) is 0.339. The first-order valence-corrected chi connectivity index (χ1v) is 10.9. The number of halogens is 2. The van der Waals surface area contributed by atoms with Crippen molar-refractivity contribution in [2.24, 2.45) is 0 Å². The fourth-order valence-electron chi connectivity index (χ4n) is 2.97. The van der Waals surface area contributed by atoms with Gasteiger partial charge in [0, 0.05) is 22.2 Å². The van der Waals surface area contributed by atoms with Crippen LogP contribution < -0.4 is 14.8 Å². The fraction of sp³-hybridized carbons (Fsp3) is 0.0833. The Balaban J connectivity index is 1.50. The molecule has 0 aliphatic rings. The van der Waals surface area contributed by atoms with Gasteiger partial charge in [-0.1, -0.05) is 35.9 Å². The largest absolute Gasteiger partial charge is 0.493 e. The first-order valence-electron chi connectivity index (χ1n) is 9.61. The third-order valence-electron chi connectivity index (χ3n) is 4.61. The van der Waals surface area contributed by atoms with Crippen LogP contribution in [-0.4, -0.2) is 18.0 Å². The first kappa shape index (κ1) is 21.8. The van der Waals surface area contributed by atoms with Gasteiger partial charge in [-0.25, -0.2) is 9.37 Å². The highest BCUT2D eigenvalue weighted by atomic mass is 35.5. The molecular formula is C24H18ClFN2O3S. The average Bonchev–Trinajstić information content (AvgIpc) is 3.30. The van der Waals surface area contributed by atoms with Crippen LogP contribution in [0.25, 0.3) is 10.6 Å². The van der Waals surface area contributed by atoms with Crippen molar-refractivity contribution in [2.45, 2.75) is 6.61 Å². The smallest absolute Gasteiger partial charge is 0.275 e. The van der Waals surface area contributed by atoms with Crippen LogP contribution in [0.3, 0.4) is 0 Å². The molecule has 162 valence electrons.